The zero-order valence-electron chi connectivity index (χ0n) is 17.8. The van der Waals surface area contributed by atoms with Crippen molar-refractivity contribution in [2.24, 2.45) is 0 Å². The molecule has 0 saturated heterocycles. The normalized spacial score (nSPS) is 11.8. The first-order chi connectivity index (χ1) is 16.7. The summed E-state index contributed by atoms with van der Waals surface area (Å²) in [4.78, 5) is 0. The van der Waals surface area contributed by atoms with Crippen molar-refractivity contribution < 1.29 is 8.83 Å². The third-order valence-corrected chi connectivity index (χ3v) is 7.37. The number of hydrogen-bond donors (Lipinski definition) is 0. The number of rotatable bonds is 2. The lowest BCUT2D eigenvalue weighted by Crippen LogP contribution is -1.87. The molecule has 0 fully saturated rings. The Morgan fingerprint density at radius 3 is 1.29 bits per heavy atom. The minimum Gasteiger partial charge on any atom is -0.455 e. The zero-order chi connectivity index (χ0) is 22.8. The Labute approximate surface area is 212 Å². The number of furan rings is 2. The van der Waals surface area contributed by atoms with Crippen LogP contribution in [-0.4, -0.2) is 0 Å². The number of benzene rings is 5. The van der Waals surface area contributed by atoms with E-state index >= 15 is 0 Å². The van der Waals surface area contributed by atoms with E-state index in [-0.39, 0.29) is 0 Å². The van der Waals surface area contributed by atoms with Crippen molar-refractivity contribution in [3.63, 3.8) is 0 Å². The molecule has 7 rings (SSSR count). The Kier molecular flexibility index (Phi) is 4.48. The smallest absolute Gasteiger partial charge is 0.144 e. The second-order valence-electron chi connectivity index (χ2n) is 8.38. The Bertz CT molecular complexity index is 1720. The molecule has 0 atom stereocenters. The molecule has 0 saturated carbocycles. The van der Waals surface area contributed by atoms with E-state index in [0.29, 0.717) is 0 Å². The van der Waals surface area contributed by atoms with Gasteiger partial charge in [-0.2, -0.15) is 0 Å². The van der Waals surface area contributed by atoms with Crippen molar-refractivity contribution in [2.75, 3.05) is 0 Å². The molecule has 0 aliphatic heterocycles. The highest BCUT2D eigenvalue weighted by atomic mass is 79.9. The summed E-state index contributed by atoms with van der Waals surface area (Å²) in [5, 5.41) is 4.24. The molecule has 0 N–H and O–H groups in total. The third kappa shape index (κ3) is 2.92. The average molecular weight is 568 g/mol. The Hall–Kier alpha value is -3.34. The van der Waals surface area contributed by atoms with Crippen LogP contribution in [0.2, 0.25) is 0 Å². The van der Waals surface area contributed by atoms with Gasteiger partial charge in [0.15, 0.2) is 0 Å². The van der Waals surface area contributed by atoms with Gasteiger partial charge in [0.25, 0.3) is 0 Å². The lowest BCUT2D eigenvalue weighted by molar-refractivity contribution is 0.665. The number of fused-ring (bicyclic) bond motifs is 6. The molecule has 34 heavy (non-hydrogen) atoms. The van der Waals surface area contributed by atoms with E-state index < -0.39 is 0 Å². The van der Waals surface area contributed by atoms with Crippen LogP contribution in [0.1, 0.15) is 0 Å². The highest BCUT2D eigenvalue weighted by molar-refractivity contribution is 9.10. The Morgan fingerprint density at radius 1 is 0.471 bits per heavy atom. The van der Waals surface area contributed by atoms with Crippen LogP contribution in [0, 0.1) is 0 Å². The quantitative estimate of drug-likeness (QED) is 0.208. The molecule has 5 aromatic carbocycles. The third-order valence-electron chi connectivity index (χ3n) is 6.38. The molecule has 0 bridgehead atoms. The van der Waals surface area contributed by atoms with Gasteiger partial charge in [0.2, 0.25) is 0 Å². The molecule has 4 heteroatoms. The Balaban J connectivity index is 1.83. The van der Waals surface area contributed by atoms with E-state index in [0.717, 1.165) is 75.1 Å². The first-order valence-electron chi connectivity index (χ1n) is 11.0. The zero-order valence-corrected chi connectivity index (χ0v) is 21.0. The van der Waals surface area contributed by atoms with Crippen LogP contribution in [0.3, 0.4) is 0 Å². The lowest BCUT2D eigenvalue weighted by atomic mass is 9.90. The minimum atomic E-state index is 0.853. The predicted octanol–water partition coefficient (Wildman–Crippen LogP) is 10.3. The molecule has 0 amide bonds. The first-order valence-corrected chi connectivity index (χ1v) is 12.6. The summed E-state index contributed by atoms with van der Waals surface area (Å²) in [6.07, 6.45) is 0. The van der Waals surface area contributed by atoms with Gasteiger partial charge in [-0.05, 0) is 47.5 Å². The van der Waals surface area contributed by atoms with E-state index in [1.807, 2.05) is 36.4 Å². The van der Waals surface area contributed by atoms with Gasteiger partial charge in [0, 0.05) is 41.6 Å². The van der Waals surface area contributed by atoms with Crippen LogP contribution in [0.4, 0.5) is 0 Å². The van der Waals surface area contributed by atoms with Gasteiger partial charge < -0.3 is 8.83 Å². The summed E-state index contributed by atoms with van der Waals surface area (Å²) in [7, 11) is 0. The molecule has 0 spiro atoms. The standard InChI is InChI=1S/C30H16Br2O2/c31-19-11-13-23-21(15-19)27-25(17-7-3-1-4-8-17)29-28(22-16-20(32)12-14-24(22)33-29)26(30(27)34-23)18-9-5-2-6-10-18/h1-16H. The fourth-order valence-corrected chi connectivity index (χ4v) is 5.70. The molecule has 2 heterocycles. The SMILES string of the molecule is Brc1ccc2oc3c(-c4ccccc4)c4c(oc5ccc(Br)cc54)c(-c4ccccc4)c3c2c1. The van der Waals surface area contributed by atoms with E-state index in [1.165, 1.54) is 0 Å². The maximum absolute atomic E-state index is 6.64. The summed E-state index contributed by atoms with van der Waals surface area (Å²) < 4.78 is 15.3. The van der Waals surface area contributed by atoms with E-state index in [2.05, 4.69) is 92.5 Å². The molecule has 2 aromatic heterocycles. The summed E-state index contributed by atoms with van der Waals surface area (Å²) >= 11 is 7.33. The molecule has 0 aliphatic rings. The lowest BCUT2D eigenvalue weighted by Gasteiger charge is -2.11. The molecular formula is C30H16Br2O2. The van der Waals surface area contributed by atoms with Gasteiger partial charge in [-0.3, -0.25) is 0 Å². The summed E-state index contributed by atoms with van der Waals surface area (Å²) in [5.74, 6) is 0. The first kappa shape index (κ1) is 20.1. The molecule has 7 aromatic rings. The largest absolute Gasteiger partial charge is 0.455 e. The van der Waals surface area contributed by atoms with Gasteiger partial charge in [-0.1, -0.05) is 92.5 Å². The highest BCUT2D eigenvalue weighted by Gasteiger charge is 2.26. The topological polar surface area (TPSA) is 26.3 Å². The van der Waals surface area contributed by atoms with Crippen molar-refractivity contribution in [2.45, 2.75) is 0 Å². The van der Waals surface area contributed by atoms with Gasteiger partial charge in [0.05, 0.1) is 0 Å². The van der Waals surface area contributed by atoms with Crippen LogP contribution in [-0.2, 0) is 0 Å². The van der Waals surface area contributed by atoms with Crippen molar-refractivity contribution in [3.8, 4) is 22.3 Å². The second kappa shape index (κ2) is 7.59. The van der Waals surface area contributed by atoms with Crippen LogP contribution in [0.5, 0.6) is 0 Å². The van der Waals surface area contributed by atoms with Crippen LogP contribution in [0.25, 0.3) is 66.1 Å². The summed E-state index contributed by atoms with van der Waals surface area (Å²) in [6.45, 7) is 0. The Morgan fingerprint density at radius 2 is 0.882 bits per heavy atom. The van der Waals surface area contributed by atoms with Gasteiger partial charge in [0.1, 0.15) is 22.3 Å². The van der Waals surface area contributed by atoms with Crippen molar-refractivity contribution in [3.05, 3.63) is 106 Å². The van der Waals surface area contributed by atoms with E-state index in [1.54, 1.807) is 0 Å². The monoisotopic (exact) mass is 566 g/mol. The molecule has 0 radical (unpaired) electrons. The summed E-state index contributed by atoms with van der Waals surface area (Å²) in [6, 6.07) is 33.2. The predicted molar refractivity (Wildman–Crippen MR) is 147 cm³/mol. The fraction of sp³-hybridized carbons (Fsp3) is 0. The molecule has 2 nitrogen and oxygen atoms in total. The van der Waals surface area contributed by atoms with Crippen molar-refractivity contribution in [1.82, 2.24) is 0 Å². The van der Waals surface area contributed by atoms with Gasteiger partial charge in [-0.15, -0.1) is 0 Å². The second-order valence-corrected chi connectivity index (χ2v) is 10.2. The van der Waals surface area contributed by atoms with E-state index in [4.69, 9.17) is 8.83 Å². The van der Waals surface area contributed by atoms with Crippen LogP contribution < -0.4 is 0 Å². The minimum absolute atomic E-state index is 0.853. The summed E-state index contributed by atoms with van der Waals surface area (Å²) in [5.41, 5.74) is 7.73. The van der Waals surface area contributed by atoms with Crippen LogP contribution >= 0.6 is 31.9 Å². The number of halogens is 2. The molecule has 0 unspecified atom stereocenters. The van der Waals surface area contributed by atoms with Gasteiger partial charge in [-0.25, -0.2) is 0 Å². The average Bonchev–Trinajstić information content (AvgIpc) is 3.42. The molecule has 0 aliphatic carbocycles. The molecular weight excluding hydrogens is 552 g/mol. The van der Waals surface area contributed by atoms with Crippen molar-refractivity contribution in [1.29, 1.82) is 0 Å². The fourth-order valence-electron chi connectivity index (χ4n) is 4.98. The maximum atomic E-state index is 6.64. The highest BCUT2D eigenvalue weighted by Crippen LogP contribution is 2.50. The molecule has 162 valence electrons. The number of hydrogen-bond acceptors (Lipinski definition) is 2. The van der Waals surface area contributed by atoms with Gasteiger partial charge >= 0.3 is 0 Å². The van der Waals surface area contributed by atoms with Crippen molar-refractivity contribution >= 4 is 75.7 Å². The maximum Gasteiger partial charge on any atom is 0.144 e. The van der Waals surface area contributed by atoms with Crippen LogP contribution in [0.15, 0.2) is 115 Å². The van der Waals surface area contributed by atoms with E-state index in [9.17, 15) is 0 Å².